The quantitative estimate of drug-likeness (QED) is 0.0960. The summed E-state index contributed by atoms with van der Waals surface area (Å²) in [7, 11) is 0. The number of carbonyl (C=O) groups is 4. The van der Waals surface area contributed by atoms with Crippen LogP contribution in [0, 0.1) is 0 Å². The number of alkyl halides is 3. The van der Waals surface area contributed by atoms with E-state index in [9.17, 15) is 32.3 Å². The van der Waals surface area contributed by atoms with Gasteiger partial charge >= 0.3 is 6.18 Å². The van der Waals surface area contributed by atoms with Gasteiger partial charge in [-0.05, 0) is 93.2 Å². The Morgan fingerprint density at radius 3 is 2.31 bits per heavy atom. The number of hydrogen-bond acceptors (Lipinski definition) is 11. The van der Waals surface area contributed by atoms with Gasteiger partial charge in [-0.2, -0.15) is 18.2 Å². The highest BCUT2D eigenvalue weighted by Crippen LogP contribution is 2.39. The number of aromatic nitrogens is 2. The van der Waals surface area contributed by atoms with Gasteiger partial charge in [-0.15, -0.1) is 0 Å². The first-order valence-electron chi connectivity index (χ1n) is 19.1. The van der Waals surface area contributed by atoms with Crippen LogP contribution in [0.4, 0.5) is 47.7 Å². The number of anilines is 6. The highest BCUT2D eigenvalue weighted by Gasteiger charge is 2.35. The van der Waals surface area contributed by atoms with E-state index in [1.54, 1.807) is 35.2 Å². The molecule has 0 saturated carbocycles. The summed E-state index contributed by atoms with van der Waals surface area (Å²) in [4.78, 5) is 63.1. The van der Waals surface area contributed by atoms with E-state index in [1.807, 2.05) is 17.0 Å². The molecule has 1 atom stereocenters. The van der Waals surface area contributed by atoms with Crippen LogP contribution in [0.1, 0.15) is 60.0 Å². The van der Waals surface area contributed by atoms with Gasteiger partial charge in [0, 0.05) is 49.5 Å². The third kappa shape index (κ3) is 9.68. The lowest BCUT2D eigenvalue weighted by Crippen LogP contribution is -2.52. The Bertz CT molecular complexity index is 2170. The number of rotatable bonds is 11. The van der Waals surface area contributed by atoms with Gasteiger partial charge in [-0.25, -0.2) is 4.98 Å². The predicted molar refractivity (Wildman–Crippen MR) is 215 cm³/mol. The second-order valence-electron chi connectivity index (χ2n) is 14.7. The highest BCUT2D eigenvalue weighted by atomic mass is 35.5. The molecule has 58 heavy (non-hydrogen) atoms. The molecule has 17 heteroatoms. The SMILES string of the molecule is CC(=O)c1ccccc1Nc1nc(Nc2ccc(N3CCN(C(=O)CN4CCC(c5ccc(NC6CCC(=O)NC6=O)cc5)CC4)CC3)cc2C(F)(F)F)ncc1Cl. The molecule has 3 saturated heterocycles. The molecule has 3 aliphatic rings. The number of carbonyl (C=O) groups excluding carboxylic acids is 4. The van der Waals surface area contributed by atoms with Crippen LogP contribution >= 0.6 is 11.6 Å². The molecule has 4 heterocycles. The van der Waals surface area contributed by atoms with Crippen molar-refractivity contribution in [1.82, 2.24) is 25.1 Å². The molecule has 7 rings (SSSR count). The van der Waals surface area contributed by atoms with Crippen LogP contribution in [0.5, 0.6) is 0 Å². The van der Waals surface area contributed by atoms with Crippen LogP contribution in [0.25, 0.3) is 0 Å². The fourth-order valence-corrected chi connectivity index (χ4v) is 7.69. The van der Waals surface area contributed by atoms with E-state index in [0.29, 0.717) is 61.9 Å². The van der Waals surface area contributed by atoms with Gasteiger partial charge in [0.1, 0.15) is 11.1 Å². The standard InChI is InChI=1S/C41H43ClF3N9O4/c1-25(55)30-4-2-3-5-33(30)48-38-32(42)23-46-40(51-38)49-34-11-10-29(22-31(34)41(43,44)45)53-18-20-54(21-19-53)37(57)24-52-16-14-27(15-17-52)26-6-8-28(9-7-26)47-35-12-13-36(56)50-39(35)58/h2-11,22-23,27,35,47H,12-21,24H2,1H3,(H,50,56,58)(H2,46,48,49,51). The Morgan fingerprint density at radius 1 is 0.897 bits per heavy atom. The Labute approximate surface area is 338 Å². The average molecular weight is 818 g/mol. The molecule has 13 nitrogen and oxygen atoms in total. The number of Topliss-reactive ketones (excluding diaryl/α,β-unsaturated/α-hetero) is 1. The largest absolute Gasteiger partial charge is 0.418 e. The fraction of sp³-hybridized carbons (Fsp3) is 0.366. The number of hydrogen-bond donors (Lipinski definition) is 4. The van der Waals surface area contributed by atoms with Crippen molar-refractivity contribution in [3.8, 4) is 0 Å². The predicted octanol–water partition coefficient (Wildman–Crippen LogP) is 6.58. The number of nitrogens with one attached hydrogen (secondary N) is 4. The minimum absolute atomic E-state index is 0.000823. The van der Waals surface area contributed by atoms with E-state index < -0.39 is 17.8 Å². The molecule has 3 aromatic carbocycles. The number of likely N-dealkylation sites (tertiary alicyclic amines) is 1. The number of piperidine rings is 2. The summed E-state index contributed by atoms with van der Waals surface area (Å²) in [6.45, 7) is 4.76. The third-order valence-electron chi connectivity index (χ3n) is 10.8. The maximum atomic E-state index is 14.4. The number of amides is 3. The molecule has 0 aliphatic carbocycles. The van der Waals surface area contributed by atoms with E-state index in [4.69, 9.17) is 11.6 Å². The number of ketones is 1. The second-order valence-corrected chi connectivity index (χ2v) is 15.1. The minimum atomic E-state index is -4.70. The Balaban J connectivity index is 0.906. The van der Waals surface area contributed by atoms with Crippen molar-refractivity contribution < 1.29 is 32.3 Å². The molecule has 0 spiro atoms. The smallest absolute Gasteiger partial charge is 0.374 e. The average Bonchev–Trinajstić information content (AvgIpc) is 3.21. The van der Waals surface area contributed by atoms with Gasteiger partial charge in [-0.1, -0.05) is 35.9 Å². The normalized spacial score (nSPS) is 18.1. The molecule has 4 N–H and O–H groups in total. The van der Waals surface area contributed by atoms with Crippen LogP contribution < -0.4 is 26.2 Å². The maximum absolute atomic E-state index is 14.4. The molecule has 1 unspecified atom stereocenters. The van der Waals surface area contributed by atoms with E-state index in [-0.39, 0.29) is 52.5 Å². The van der Waals surface area contributed by atoms with E-state index >= 15 is 0 Å². The van der Waals surface area contributed by atoms with Crippen molar-refractivity contribution in [1.29, 1.82) is 0 Å². The number of nitrogens with zero attached hydrogens (tertiary/aromatic N) is 5. The molecule has 1 aromatic heterocycles. The topological polar surface area (TPSA) is 152 Å². The Kier molecular flexibility index (Phi) is 12.1. The summed E-state index contributed by atoms with van der Waals surface area (Å²) < 4.78 is 43.3. The second kappa shape index (κ2) is 17.4. The lowest BCUT2D eigenvalue weighted by atomic mass is 9.89. The summed E-state index contributed by atoms with van der Waals surface area (Å²) in [5.41, 5.74) is 2.08. The van der Waals surface area contributed by atoms with Crippen molar-refractivity contribution in [3.05, 3.63) is 94.6 Å². The molecule has 4 aromatic rings. The molecular weight excluding hydrogens is 775 g/mol. The third-order valence-corrected chi connectivity index (χ3v) is 11.0. The van der Waals surface area contributed by atoms with Gasteiger partial charge in [0.2, 0.25) is 23.7 Å². The first-order valence-corrected chi connectivity index (χ1v) is 19.5. The van der Waals surface area contributed by atoms with Crippen molar-refractivity contribution in [3.63, 3.8) is 0 Å². The maximum Gasteiger partial charge on any atom is 0.418 e. The summed E-state index contributed by atoms with van der Waals surface area (Å²) >= 11 is 6.30. The van der Waals surface area contributed by atoms with Crippen LogP contribution in [-0.4, -0.2) is 95.1 Å². The molecule has 304 valence electrons. The van der Waals surface area contributed by atoms with Crippen LogP contribution in [0.2, 0.25) is 5.02 Å². The highest BCUT2D eigenvalue weighted by molar-refractivity contribution is 6.33. The van der Waals surface area contributed by atoms with Crippen LogP contribution in [0.3, 0.4) is 0 Å². The number of piperazine rings is 1. The first-order chi connectivity index (χ1) is 27.8. The van der Waals surface area contributed by atoms with Crippen LogP contribution in [-0.2, 0) is 20.6 Å². The Hall–Kier alpha value is -5.74. The summed E-state index contributed by atoms with van der Waals surface area (Å²) in [6.07, 6.45) is -0.884. The summed E-state index contributed by atoms with van der Waals surface area (Å²) in [6, 6.07) is 18.3. The van der Waals surface area contributed by atoms with Crippen molar-refractivity contribution in [2.45, 2.75) is 50.7 Å². The molecule has 3 amide bonds. The Morgan fingerprint density at radius 2 is 1.62 bits per heavy atom. The molecule has 3 aliphatic heterocycles. The monoisotopic (exact) mass is 817 g/mol. The lowest BCUT2D eigenvalue weighted by Gasteiger charge is -2.38. The number of benzene rings is 3. The van der Waals surface area contributed by atoms with Crippen molar-refractivity contribution in [2.24, 2.45) is 0 Å². The number of halogens is 4. The van der Waals surface area contributed by atoms with Gasteiger partial charge in [0.15, 0.2) is 11.6 Å². The summed E-state index contributed by atoms with van der Waals surface area (Å²) in [5.74, 6) is -0.420. The zero-order chi connectivity index (χ0) is 41.0. The lowest BCUT2D eigenvalue weighted by molar-refractivity contribution is -0.137. The van der Waals surface area contributed by atoms with Gasteiger partial charge in [0.05, 0.1) is 29.7 Å². The number of para-hydroxylation sites is 1. The van der Waals surface area contributed by atoms with E-state index in [2.05, 4.69) is 48.3 Å². The van der Waals surface area contributed by atoms with Gasteiger partial charge < -0.3 is 25.8 Å². The zero-order valence-electron chi connectivity index (χ0n) is 31.7. The molecule has 0 radical (unpaired) electrons. The zero-order valence-corrected chi connectivity index (χ0v) is 32.5. The molecule has 0 bridgehead atoms. The minimum Gasteiger partial charge on any atom is -0.374 e. The van der Waals surface area contributed by atoms with Gasteiger partial charge in [0.25, 0.3) is 0 Å². The van der Waals surface area contributed by atoms with E-state index in [0.717, 1.165) is 37.7 Å². The summed E-state index contributed by atoms with van der Waals surface area (Å²) in [5, 5.41) is 11.3. The van der Waals surface area contributed by atoms with Crippen LogP contribution in [0.15, 0.2) is 72.9 Å². The molecule has 3 fully saturated rings. The number of imide groups is 1. The molecular formula is C41H43ClF3N9O4. The fourth-order valence-electron chi connectivity index (χ4n) is 7.55. The first kappa shape index (κ1) is 40.5. The van der Waals surface area contributed by atoms with E-state index in [1.165, 1.54) is 24.8 Å². The van der Waals surface area contributed by atoms with Gasteiger partial charge in [-0.3, -0.25) is 29.4 Å². The van der Waals surface area contributed by atoms with Crippen molar-refractivity contribution in [2.75, 3.05) is 66.7 Å². The van der Waals surface area contributed by atoms with Crippen molar-refractivity contribution >= 4 is 69.6 Å².